The van der Waals surface area contributed by atoms with Gasteiger partial charge >= 0.3 is 0 Å². The largest absolute Gasteiger partial charge is 0.359 e. The van der Waals surface area contributed by atoms with Crippen molar-refractivity contribution in [1.29, 1.82) is 0 Å². The number of carbonyl (C=O) groups excluding carboxylic acids is 1. The van der Waals surface area contributed by atoms with Gasteiger partial charge in [0.25, 0.3) is 0 Å². The first-order chi connectivity index (χ1) is 14.9. The zero-order valence-electron chi connectivity index (χ0n) is 17.2. The van der Waals surface area contributed by atoms with Crippen LogP contribution in [0.1, 0.15) is 38.6 Å². The molecular weight excluding hydrogens is 419 g/mol. The number of H-pyrrole nitrogens is 1. The predicted molar refractivity (Wildman–Crippen MR) is 117 cm³/mol. The van der Waals surface area contributed by atoms with Crippen molar-refractivity contribution < 1.29 is 9.18 Å². The molecule has 9 heteroatoms. The summed E-state index contributed by atoms with van der Waals surface area (Å²) >= 11 is 6.13. The lowest BCUT2D eigenvalue weighted by Crippen LogP contribution is -2.45. The van der Waals surface area contributed by atoms with Crippen LogP contribution in [0.3, 0.4) is 0 Å². The lowest BCUT2D eigenvalue weighted by atomic mass is 9.71. The van der Waals surface area contributed by atoms with Crippen LogP contribution in [-0.2, 0) is 4.79 Å². The van der Waals surface area contributed by atoms with E-state index in [2.05, 4.69) is 20.3 Å². The molecule has 1 fully saturated rings. The Morgan fingerprint density at radius 2 is 2.16 bits per heavy atom. The summed E-state index contributed by atoms with van der Waals surface area (Å²) < 4.78 is 16.7. The highest BCUT2D eigenvalue weighted by Crippen LogP contribution is 2.46. The fourth-order valence-electron chi connectivity index (χ4n) is 4.83. The molecule has 2 N–H and O–H groups in total. The van der Waals surface area contributed by atoms with Crippen LogP contribution in [0, 0.1) is 11.2 Å². The lowest BCUT2D eigenvalue weighted by Gasteiger charge is -2.40. The minimum absolute atomic E-state index is 0.0360. The maximum absolute atomic E-state index is 14.8. The van der Waals surface area contributed by atoms with Gasteiger partial charge in [-0.3, -0.25) is 4.79 Å². The van der Waals surface area contributed by atoms with E-state index in [0.717, 1.165) is 36.6 Å². The summed E-state index contributed by atoms with van der Waals surface area (Å²) in [7, 11) is 1.64. The van der Waals surface area contributed by atoms with Crippen molar-refractivity contribution in [3.8, 4) is 11.4 Å². The van der Waals surface area contributed by atoms with Gasteiger partial charge in [-0.1, -0.05) is 24.4 Å². The van der Waals surface area contributed by atoms with Crippen molar-refractivity contribution in [3.05, 3.63) is 41.7 Å². The van der Waals surface area contributed by atoms with Crippen LogP contribution in [-0.4, -0.2) is 37.5 Å². The number of halogens is 2. The van der Waals surface area contributed by atoms with Gasteiger partial charge in [0.05, 0.1) is 15.8 Å². The molecule has 4 aromatic heterocycles. The number of nitrogens with one attached hydrogen (secondary N) is 2. The van der Waals surface area contributed by atoms with Crippen molar-refractivity contribution in [3.63, 3.8) is 0 Å². The maximum Gasteiger partial charge on any atom is 0.227 e. The Balaban J connectivity index is 1.68. The molecule has 7 nitrogen and oxygen atoms in total. The molecule has 0 saturated heterocycles. The summed E-state index contributed by atoms with van der Waals surface area (Å²) in [6, 6.07) is 1.60. The van der Waals surface area contributed by atoms with Gasteiger partial charge in [0.2, 0.25) is 5.91 Å². The van der Waals surface area contributed by atoms with Crippen molar-refractivity contribution in [2.75, 3.05) is 7.05 Å². The number of amides is 1. The SMILES string of the molecule is CNC(=O)[C@]1(C)CCCC[C@H]1n1cc(F)c2cnc(-c3c[nH]c4ncc(Cl)cc34)nc21. The number of hydrogen-bond donors (Lipinski definition) is 2. The summed E-state index contributed by atoms with van der Waals surface area (Å²) in [6.07, 6.45) is 9.75. The van der Waals surface area contributed by atoms with Crippen LogP contribution in [0.25, 0.3) is 33.5 Å². The van der Waals surface area contributed by atoms with Gasteiger partial charge in [-0.2, -0.15) is 0 Å². The van der Waals surface area contributed by atoms with E-state index in [-0.39, 0.29) is 11.9 Å². The van der Waals surface area contributed by atoms with Crippen LogP contribution in [0.5, 0.6) is 0 Å². The zero-order chi connectivity index (χ0) is 21.8. The number of aromatic nitrogens is 5. The Morgan fingerprint density at radius 1 is 1.32 bits per heavy atom. The molecule has 0 spiro atoms. The summed E-state index contributed by atoms with van der Waals surface area (Å²) in [5.41, 5.74) is 1.24. The Morgan fingerprint density at radius 3 is 2.97 bits per heavy atom. The molecule has 4 heterocycles. The van der Waals surface area contributed by atoms with Crippen LogP contribution >= 0.6 is 11.6 Å². The second kappa shape index (κ2) is 7.30. The molecule has 1 amide bonds. The van der Waals surface area contributed by atoms with E-state index in [4.69, 9.17) is 16.6 Å². The van der Waals surface area contributed by atoms with E-state index in [9.17, 15) is 9.18 Å². The second-order valence-electron chi connectivity index (χ2n) is 8.33. The molecule has 1 aliphatic carbocycles. The quantitative estimate of drug-likeness (QED) is 0.486. The summed E-state index contributed by atoms with van der Waals surface area (Å²) in [5.74, 6) is 0.0146. The smallest absolute Gasteiger partial charge is 0.227 e. The van der Waals surface area contributed by atoms with Crippen molar-refractivity contribution in [1.82, 2.24) is 29.8 Å². The van der Waals surface area contributed by atoms with E-state index in [1.165, 1.54) is 12.4 Å². The second-order valence-corrected chi connectivity index (χ2v) is 8.76. The highest BCUT2D eigenvalue weighted by atomic mass is 35.5. The Labute approximate surface area is 183 Å². The van der Waals surface area contributed by atoms with E-state index in [1.54, 1.807) is 25.5 Å². The highest BCUT2D eigenvalue weighted by Gasteiger charge is 2.44. The first kappa shape index (κ1) is 19.9. The molecule has 0 aliphatic heterocycles. The number of pyridine rings is 1. The van der Waals surface area contributed by atoms with Crippen molar-refractivity contribution >= 4 is 39.6 Å². The third-order valence-corrected chi connectivity index (χ3v) is 6.71. The summed E-state index contributed by atoms with van der Waals surface area (Å²) in [5, 5.41) is 4.42. The van der Waals surface area contributed by atoms with Crippen molar-refractivity contribution in [2.45, 2.75) is 38.6 Å². The molecule has 0 radical (unpaired) electrons. The molecule has 1 aliphatic rings. The molecule has 5 rings (SSSR count). The van der Waals surface area contributed by atoms with E-state index >= 15 is 0 Å². The fraction of sp³-hybridized carbons (Fsp3) is 0.364. The number of hydrogen-bond acceptors (Lipinski definition) is 4. The topological polar surface area (TPSA) is 88.5 Å². The minimum Gasteiger partial charge on any atom is -0.359 e. The molecule has 4 aromatic rings. The van der Waals surface area contributed by atoms with E-state index in [1.807, 2.05) is 11.5 Å². The van der Waals surface area contributed by atoms with Gasteiger partial charge in [-0.15, -0.1) is 0 Å². The lowest BCUT2D eigenvalue weighted by molar-refractivity contribution is -0.134. The Bertz CT molecular complexity index is 1310. The monoisotopic (exact) mass is 440 g/mol. The molecule has 0 unspecified atom stereocenters. The normalized spacial score (nSPS) is 21.6. The number of fused-ring (bicyclic) bond motifs is 2. The van der Waals surface area contributed by atoms with Gasteiger partial charge < -0.3 is 14.9 Å². The average Bonchev–Trinajstić information content (AvgIpc) is 3.33. The molecule has 160 valence electrons. The number of aromatic amines is 1. The summed E-state index contributed by atoms with van der Waals surface area (Å²) in [6.45, 7) is 1.95. The Kier molecular flexibility index (Phi) is 4.69. The predicted octanol–water partition coefficient (Wildman–Crippen LogP) is 4.63. The molecule has 0 aromatic carbocycles. The number of rotatable bonds is 3. The minimum atomic E-state index is -0.644. The molecular formula is C22H22ClFN6O. The highest BCUT2D eigenvalue weighted by molar-refractivity contribution is 6.31. The van der Waals surface area contributed by atoms with Gasteiger partial charge in [0.1, 0.15) is 11.3 Å². The van der Waals surface area contributed by atoms with Crippen LogP contribution < -0.4 is 5.32 Å². The first-order valence-corrected chi connectivity index (χ1v) is 10.7. The molecule has 0 bridgehead atoms. The van der Waals surface area contributed by atoms with Crippen molar-refractivity contribution in [2.24, 2.45) is 5.41 Å². The average molecular weight is 441 g/mol. The van der Waals surface area contributed by atoms with E-state index < -0.39 is 11.2 Å². The van der Waals surface area contributed by atoms with Gasteiger partial charge in [0, 0.05) is 48.8 Å². The van der Waals surface area contributed by atoms with Crippen LogP contribution in [0.4, 0.5) is 4.39 Å². The molecule has 31 heavy (non-hydrogen) atoms. The maximum atomic E-state index is 14.8. The number of nitrogens with zero attached hydrogens (tertiary/aromatic N) is 4. The summed E-state index contributed by atoms with van der Waals surface area (Å²) in [4.78, 5) is 29.3. The standard InChI is InChI=1S/C22H22ClFN6O/c1-22(21(31)25-2)6-4-3-5-17(22)30-11-16(24)15-10-28-19(29-20(15)30)14-9-27-18-13(14)7-12(23)8-26-18/h7-11,17H,3-6H2,1-2H3,(H,25,31)(H,26,27)/t17-,22-/m1/s1. The van der Waals surface area contributed by atoms with Gasteiger partial charge in [-0.25, -0.2) is 19.3 Å². The fourth-order valence-corrected chi connectivity index (χ4v) is 4.99. The Hall–Kier alpha value is -3.00. The van der Waals surface area contributed by atoms with Gasteiger partial charge in [-0.05, 0) is 25.8 Å². The van der Waals surface area contributed by atoms with Crippen LogP contribution in [0.2, 0.25) is 5.02 Å². The third-order valence-electron chi connectivity index (χ3n) is 6.50. The molecule has 2 atom stereocenters. The van der Waals surface area contributed by atoms with Gasteiger partial charge in [0.15, 0.2) is 11.6 Å². The van der Waals surface area contributed by atoms with E-state index in [0.29, 0.717) is 27.5 Å². The van der Waals surface area contributed by atoms with Crippen LogP contribution in [0.15, 0.2) is 30.9 Å². The first-order valence-electron chi connectivity index (χ1n) is 10.3. The number of carbonyl (C=O) groups is 1. The molecule has 1 saturated carbocycles. The zero-order valence-corrected chi connectivity index (χ0v) is 18.0. The third kappa shape index (κ3) is 3.08.